The molecule has 0 saturated carbocycles. The minimum atomic E-state index is -0.478. The maximum absolute atomic E-state index is 11.3. The van der Waals surface area contributed by atoms with Crippen molar-refractivity contribution in [2.45, 2.75) is 13.1 Å². The molecule has 24 heavy (non-hydrogen) atoms. The summed E-state index contributed by atoms with van der Waals surface area (Å²) in [5, 5.41) is 8.98. The lowest BCUT2D eigenvalue weighted by molar-refractivity contribution is -0.118. The van der Waals surface area contributed by atoms with Gasteiger partial charge in [0.05, 0.1) is 17.6 Å². The van der Waals surface area contributed by atoms with E-state index in [0.29, 0.717) is 23.9 Å². The lowest BCUT2D eigenvalue weighted by atomic mass is 10.3. The van der Waals surface area contributed by atoms with Crippen LogP contribution in [0.2, 0.25) is 5.02 Å². The normalized spacial score (nSPS) is 10.9. The average molecular weight is 345 g/mol. The molecule has 1 aromatic heterocycles. The quantitative estimate of drug-likeness (QED) is 0.717. The van der Waals surface area contributed by atoms with Crippen LogP contribution < -0.4 is 16.1 Å². The van der Waals surface area contributed by atoms with Crippen molar-refractivity contribution in [3.05, 3.63) is 59.2 Å². The van der Waals surface area contributed by atoms with E-state index in [-0.39, 0.29) is 12.2 Å². The second-order valence-corrected chi connectivity index (χ2v) is 5.76. The molecule has 0 aliphatic heterocycles. The molecule has 3 N–H and O–H groups in total. The summed E-state index contributed by atoms with van der Waals surface area (Å²) in [7, 11) is 0. The molecule has 0 radical (unpaired) electrons. The van der Waals surface area contributed by atoms with Crippen LogP contribution in [-0.4, -0.2) is 21.6 Å². The molecular weight excluding hydrogens is 328 g/mol. The van der Waals surface area contributed by atoms with Gasteiger partial charge in [-0.05, 0) is 36.4 Å². The number of benzene rings is 2. The Labute approximate surface area is 143 Å². The predicted octanol–water partition coefficient (Wildman–Crippen LogP) is 2.14. The van der Waals surface area contributed by atoms with Gasteiger partial charge >= 0.3 is 0 Å². The number of nitrogens with two attached hydrogens (primary N) is 1. The summed E-state index contributed by atoms with van der Waals surface area (Å²) in [4.78, 5) is 11.3. The third-order valence-corrected chi connectivity index (χ3v) is 3.94. The Balaban J connectivity index is 1.83. The fraction of sp³-hybridized carbons (Fsp3) is 0.176. The third-order valence-electron chi connectivity index (χ3n) is 3.69. The first-order valence-corrected chi connectivity index (χ1v) is 7.83. The molecule has 0 atom stereocenters. The zero-order chi connectivity index (χ0) is 17.1. The Morgan fingerprint density at radius 2 is 1.71 bits per heavy atom. The molecule has 3 rings (SSSR count). The first-order chi connectivity index (χ1) is 11.6. The SMILES string of the molecule is N=c1n(CCOc2ccc(Cl)cc2)c2ccccc2n1CC(N)=O. The van der Waals surface area contributed by atoms with Gasteiger partial charge in [0.15, 0.2) is 0 Å². The van der Waals surface area contributed by atoms with E-state index in [1.54, 1.807) is 33.4 Å². The van der Waals surface area contributed by atoms with Crippen molar-refractivity contribution < 1.29 is 9.53 Å². The van der Waals surface area contributed by atoms with Gasteiger partial charge in [0, 0.05) is 5.02 Å². The number of hydrogen-bond acceptors (Lipinski definition) is 3. The highest BCUT2D eigenvalue weighted by Gasteiger charge is 2.11. The number of ether oxygens (including phenoxy) is 1. The van der Waals surface area contributed by atoms with E-state index in [9.17, 15) is 4.79 Å². The predicted molar refractivity (Wildman–Crippen MR) is 91.9 cm³/mol. The highest BCUT2D eigenvalue weighted by Crippen LogP contribution is 2.16. The van der Waals surface area contributed by atoms with Crippen molar-refractivity contribution in [2.24, 2.45) is 5.73 Å². The first-order valence-electron chi connectivity index (χ1n) is 7.45. The van der Waals surface area contributed by atoms with Crippen LogP contribution in [0, 0.1) is 5.41 Å². The molecule has 6 nitrogen and oxygen atoms in total. The third kappa shape index (κ3) is 3.28. The van der Waals surface area contributed by atoms with E-state index >= 15 is 0 Å². The van der Waals surface area contributed by atoms with Gasteiger partial charge in [0.2, 0.25) is 11.5 Å². The number of carbonyl (C=O) groups is 1. The van der Waals surface area contributed by atoms with E-state index in [0.717, 1.165) is 11.0 Å². The average Bonchev–Trinajstić information content (AvgIpc) is 2.82. The van der Waals surface area contributed by atoms with E-state index in [1.165, 1.54) is 0 Å². The minimum Gasteiger partial charge on any atom is -0.492 e. The van der Waals surface area contributed by atoms with Crippen molar-refractivity contribution in [2.75, 3.05) is 6.61 Å². The molecule has 2 aromatic carbocycles. The van der Waals surface area contributed by atoms with Crippen LogP contribution in [0.25, 0.3) is 11.0 Å². The standard InChI is InChI=1S/C17H17ClN4O2/c18-12-5-7-13(8-6-12)24-10-9-21-14-3-1-2-4-15(14)22(17(21)20)11-16(19)23/h1-8,20H,9-11H2,(H2,19,23). The molecule has 0 aliphatic carbocycles. The summed E-state index contributed by atoms with van der Waals surface area (Å²) in [5.41, 5.74) is 7.17. The molecule has 0 fully saturated rings. The fourth-order valence-corrected chi connectivity index (χ4v) is 2.75. The number of halogens is 1. The van der Waals surface area contributed by atoms with Crippen LogP contribution in [0.3, 0.4) is 0 Å². The molecular formula is C17H17ClN4O2. The number of aromatic nitrogens is 2. The van der Waals surface area contributed by atoms with Gasteiger partial charge in [-0.2, -0.15) is 0 Å². The van der Waals surface area contributed by atoms with Crippen LogP contribution in [0.15, 0.2) is 48.5 Å². The van der Waals surface area contributed by atoms with Crippen LogP contribution in [0.4, 0.5) is 0 Å². The van der Waals surface area contributed by atoms with Crippen LogP contribution in [-0.2, 0) is 17.9 Å². The van der Waals surface area contributed by atoms with Gasteiger partial charge in [0.25, 0.3) is 0 Å². The molecule has 0 saturated heterocycles. The number of amides is 1. The van der Waals surface area contributed by atoms with Crippen molar-refractivity contribution in [1.29, 1.82) is 5.41 Å². The maximum atomic E-state index is 11.3. The lowest BCUT2D eigenvalue weighted by Gasteiger charge is -2.08. The Kier molecular flexibility index (Phi) is 4.57. The molecule has 0 aliphatic rings. The fourth-order valence-electron chi connectivity index (χ4n) is 2.62. The summed E-state index contributed by atoms with van der Waals surface area (Å²) >= 11 is 5.85. The maximum Gasteiger partial charge on any atom is 0.237 e. The summed E-state index contributed by atoms with van der Waals surface area (Å²) in [6.07, 6.45) is 0. The number of nitrogens with one attached hydrogen (secondary N) is 1. The molecule has 1 heterocycles. The van der Waals surface area contributed by atoms with Gasteiger partial charge < -0.3 is 19.6 Å². The highest BCUT2D eigenvalue weighted by molar-refractivity contribution is 6.30. The zero-order valence-electron chi connectivity index (χ0n) is 12.9. The Morgan fingerprint density at radius 1 is 1.08 bits per heavy atom. The van der Waals surface area contributed by atoms with Gasteiger partial charge in [-0.15, -0.1) is 0 Å². The van der Waals surface area contributed by atoms with Crippen molar-refractivity contribution in [3.8, 4) is 5.75 Å². The second-order valence-electron chi connectivity index (χ2n) is 5.32. The van der Waals surface area contributed by atoms with Crippen LogP contribution >= 0.6 is 11.6 Å². The van der Waals surface area contributed by atoms with Crippen molar-refractivity contribution >= 4 is 28.5 Å². The number of imidazole rings is 1. The number of hydrogen-bond donors (Lipinski definition) is 2. The summed E-state index contributed by atoms with van der Waals surface area (Å²) < 4.78 is 9.09. The topological polar surface area (TPSA) is 86.0 Å². The smallest absolute Gasteiger partial charge is 0.237 e. The molecule has 1 amide bonds. The Bertz CT molecular complexity index is 928. The monoisotopic (exact) mass is 344 g/mol. The number of carbonyl (C=O) groups excluding carboxylic acids is 1. The first kappa shape index (κ1) is 16.1. The number of nitrogens with zero attached hydrogens (tertiary/aromatic N) is 2. The number of rotatable bonds is 6. The highest BCUT2D eigenvalue weighted by atomic mass is 35.5. The summed E-state index contributed by atoms with van der Waals surface area (Å²) in [5.74, 6) is 0.237. The molecule has 0 bridgehead atoms. The summed E-state index contributed by atoms with van der Waals surface area (Å²) in [6, 6.07) is 14.7. The molecule has 0 unspecified atom stereocenters. The molecule has 124 valence electrons. The minimum absolute atomic E-state index is 0.0234. The molecule has 3 aromatic rings. The second kappa shape index (κ2) is 6.80. The van der Waals surface area contributed by atoms with Gasteiger partial charge in [-0.3, -0.25) is 10.2 Å². The van der Waals surface area contributed by atoms with Gasteiger partial charge in [-0.1, -0.05) is 23.7 Å². The summed E-state index contributed by atoms with van der Waals surface area (Å²) in [6.45, 7) is 0.848. The van der Waals surface area contributed by atoms with Crippen molar-refractivity contribution in [3.63, 3.8) is 0 Å². The zero-order valence-corrected chi connectivity index (χ0v) is 13.7. The number of fused-ring (bicyclic) bond motifs is 1. The van der Waals surface area contributed by atoms with E-state index in [4.69, 9.17) is 27.5 Å². The van der Waals surface area contributed by atoms with Gasteiger partial charge in [0.1, 0.15) is 18.9 Å². The Hall–Kier alpha value is -2.73. The number of primary amides is 1. The lowest BCUT2D eigenvalue weighted by Crippen LogP contribution is -2.30. The molecule has 0 spiro atoms. The van der Waals surface area contributed by atoms with Crippen molar-refractivity contribution in [1.82, 2.24) is 9.13 Å². The van der Waals surface area contributed by atoms with E-state index < -0.39 is 5.91 Å². The van der Waals surface area contributed by atoms with Gasteiger partial charge in [-0.25, -0.2) is 0 Å². The molecule has 7 heteroatoms. The number of para-hydroxylation sites is 2. The van der Waals surface area contributed by atoms with Crippen LogP contribution in [0.5, 0.6) is 5.75 Å². The van der Waals surface area contributed by atoms with E-state index in [1.807, 2.05) is 24.3 Å². The van der Waals surface area contributed by atoms with E-state index in [2.05, 4.69) is 0 Å². The largest absolute Gasteiger partial charge is 0.492 e. The van der Waals surface area contributed by atoms with Crippen LogP contribution in [0.1, 0.15) is 0 Å². The Morgan fingerprint density at radius 3 is 2.33 bits per heavy atom.